The Morgan fingerprint density at radius 1 is 0.909 bits per heavy atom. The maximum absolute atomic E-state index is 11.3. The molecule has 0 aliphatic rings. The highest BCUT2D eigenvalue weighted by molar-refractivity contribution is 6.06. The topological polar surface area (TPSA) is 127 Å². The molecule has 4 aromatic rings. The number of nitrogens with one attached hydrogen (secondary N) is 2. The predicted molar refractivity (Wildman–Crippen MR) is 131 cm³/mol. The van der Waals surface area contributed by atoms with E-state index in [2.05, 4.69) is 5.32 Å². The van der Waals surface area contributed by atoms with Crippen molar-refractivity contribution >= 4 is 23.1 Å². The first-order valence-electron chi connectivity index (χ1n) is 10.3. The van der Waals surface area contributed by atoms with E-state index < -0.39 is 0 Å². The van der Waals surface area contributed by atoms with Gasteiger partial charge in [0.1, 0.15) is 17.3 Å². The Balaban J connectivity index is 1.70. The fourth-order valence-corrected chi connectivity index (χ4v) is 3.44. The van der Waals surface area contributed by atoms with Crippen molar-refractivity contribution in [3.63, 3.8) is 0 Å². The molecule has 3 aromatic carbocycles. The number of nitrogens with zero attached hydrogens (tertiary/aromatic N) is 1. The van der Waals surface area contributed by atoms with Crippen LogP contribution in [0.5, 0.6) is 11.5 Å². The van der Waals surface area contributed by atoms with Crippen LogP contribution in [0.15, 0.2) is 84.9 Å². The van der Waals surface area contributed by atoms with Crippen LogP contribution in [0, 0.1) is 5.41 Å². The Morgan fingerprint density at radius 3 is 2.12 bits per heavy atom. The van der Waals surface area contributed by atoms with Gasteiger partial charge in [-0.1, -0.05) is 30.3 Å². The zero-order valence-electron chi connectivity index (χ0n) is 18.0. The lowest BCUT2D eigenvalue weighted by Crippen LogP contribution is -2.16. The first kappa shape index (κ1) is 21.6. The highest BCUT2D eigenvalue weighted by Crippen LogP contribution is 2.32. The molecule has 0 saturated carbocycles. The van der Waals surface area contributed by atoms with E-state index in [9.17, 15) is 4.79 Å². The molecule has 4 rings (SSSR count). The standard InChI is InChI=1S/C26H23N5O2/c1-16(32)30-19-11-7-17(8-12-19)23-15-22(27)24(26(28)29)25(31-23)18-9-13-21(14-10-18)33-20-5-3-2-4-6-20/h2-15H,1H3,(H2,27,31)(H3,28,29)(H,30,32). The van der Waals surface area contributed by atoms with Crippen molar-refractivity contribution in [2.75, 3.05) is 11.1 Å². The lowest BCUT2D eigenvalue weighted by molar-refractivity contribution is -0.114. The SMILES string of the molecule is CC(=O)Nc1ccc(-c2cc(N)c(C(=N)N)c(-c3ccc(Oc4ccccc4)cc3)n2)cc1. The van der Waals surface area contributed by atoms with E-state index in [1.807, 2.05) is 66.7 Å². The molecule has 0 radical (unpaired) electrons. The van der Waals surface area contributed by atoms with Crippen LogP contribution < -0.4 is 21.5 Å². The van der Waals surface area contributed by atoms with Crippen molar-refractivity contribution in [1.82, 2.24) is 4.98 Å². The Morgan fingerprint density at radius 2 is 1.52 bits per heavy atom. The first-order valence-corrected chi connectivity index (χ1v) is 10.3. The van der Waals surface area contributed by atoms with Gasteiger partial charge in [-0.15, -0.1) is 0 Å². The van der Waals surface area contributed by atoms with Crippen molar-refractivity contribution in [3.05, 3.63) is 90.5 Å². The van der Waals surface area contributed by atoms with Crippen LogP contribution in [-0.2, 0) is 4.79 Å². The second-order valence-electron chi connectivity index (χ2n) is 7.43. The number of nitrogen functional groups attached to an aromatic ring is 2. The molecule has 164 valence electrons. The number of hydrogen-bond donors (Lipinski definition) is 4. The molecular weight excluding hydrogens is 414 g/mol. The fraction of sp³-hybridized carbons (Fsp3) is 0.0385. The van der Waals surface area contributed by atoms with Crippen LogP contribution in [0.3, 0.4) is 0 Å². The van der Waals surface area contributed by atoms with Gasteiger partial charge in [0.15, 0.2) is 0 Å². The van der Waals surface area contributed by atoms with Gasteiger partial charge in [-0.25, -0.2) is 4.98 Å². The number of benzene rings is 3. The molecule has 0 unspecified atom stereocenters. The summed E-state index contributed by atoms with van der Waals surface area (Å²) in [5.74, 6) is 1.11. The molecule has 0 fully saturated rings. The van der Waals surface area contributed by atoms with E-state index in [1.54, 1.807) is 18.2 Å². The normalized spacial score (nSPS) is 10.5. The quantitative estimate of drug-likeness (QED) is 0.248. The van der Waals surface area contributed by atoms with E-state index >= 15 is 0 Å². The van der Waals surface area contributed by atoms with E-state index in [4.69, 9.17) is 26.6 Å². The molecular formula is C26H23N5O2. The highest BCUT2D eigenvalue weighted by atomic mass is 16.5. The number of nitrogens with two attached hydrogens (primary N) is 2. The number of hydrogen-bond acceptors (Lipinski definition) is 5. The van der Waals surface area contributed by atoms with Crippen LogP contribution in [0.4, 0.5) is 11.4 Å². The number of carbonyl (C=O) groups excluding carboxylic acids is 1. The smallest absolute Gasteiger partial charge is 0.221 e. The highest BCUT2D eigenvalue weighted by Gasteiger charge is 2.16. The fourth-order valence-electron chi connectivity index (χ4n) is 3.44. The molecule has 7 heteroatoms. The summed E-state index contributed by atoms with van der Waals surface area (Å²) in [5, 5.41) is 10.8. The minimum absolute atomic E-state index is 0.141. The molecule has 1 heterocycles. The number of pyridine rings is 1. The third kappa shape index (κ3) is 4.99. The molecule has 6 N–H and O–H groups in total. The van der Waals surface area contributed by atoms with E-state index in [1.165, 1.54) is 6.92 Å². The van der Waals surface area contributed by atoms with Gasteiger partial charge in [0.2, 0.25) is 5.91 Å². The van der Waals surface area contributed by atoms with E-state index in [0.29, 0.717) is 34.1 Å². The number of aromatic nitrogens is 1. The third-order valence-electron chi connectivity index (χ3n) is 4.93. The number of para-hydroxylation sites is 1. The summed E-state index contributed by atoms with van der Waals surface area (Å²) in [4.78, 5) is 16.0. The number of amides is 1. The average molecular weight is 438 g/mol. The van der Waals surface area contributed by atoms with Gasteiger partial charge in [-0.2, -0.15) is 0 Å². The van der Waals surface area contributed by atoms with Crippen molar-refractivity contribution < 1.29 is 9.53 Å². The predicted octanol–water partition coefficient (Wildman–Crippen LogP) is 5.03. The Hall–Kier alpha value is -4.65. The van der Waals surface area contributed by atoms with Crippen LogP contribution in [0.2, 0.25) is 0 Å². The van der Waals surface area contributed by atoms with E-state index in [-0.39, 0.29) is 11.7 Å². The van der Waals surface area contributed by atoms with Crippen LogP contribution in [0.25, 0.3) is 22.5 Å². The minimum atomic E-state index is -0.160. The summed E-state index contributed by atoms with van der Waals surface area (Å²) in [7, 11) is 0. The van der Waals surface area contributed by atoms with Crippen LogP contribution >= 0.6 is 0 Å². The zero-order chi connectivity index (χ0) is 23.4. The number of anilines is 2. The molecule has 0 atom stereocenters. The monoisotopic (exact) mass is 437 g/mol. The van der Waals surface area contributed by atoms with E-state index in [0.717, 1.165) is 16.9 Å². The van der Waals surface area contributed by atoms with Crippen LogP contribution in [0.1, 0.15) is 12.5 Å². The maximum Gasteiger partial charge on any atom is 0.221 e. The summed E-state index contributed by atoms with van der Waals surface area (Å²) in [6.07, 6.45) is 0. The first-order chi connectivity index (χ1) is 15.9. The largest absolute Gasteiger partial charge is 0.457 e. The summed E-state index contributed by atoms with van der Waals surface area (Å²) in [6.45, 7) is 1.46. The Labute approximate surface area is 191 Å². The van der Waals surface area contributed by atoms with Gasteiger partial charge < -0.3 is 21.5 Å². The van der Waals surface area contributed by atoms with Gasteiger partial charge in [0.05, 0.1) is 17.0 Å². The number of carbonyl (C=O) groups is 1. The Kier molecular flexibility index (Phi) is 6.04. The van der Waals surface area contributed by atoms with Crippen LogP contribution in [-0.4, -0.2) is 16.7 Å². The molecule has 1 aromatic heterocycles. The molecule has 0 aliphatic heterocycles. The molecule has 7 nitrogen and oxygen atoms in total. The number of rotatable bonds is 6. The summed E-state index contributed by atoms with van der Waals surface area (Å²) in [6, 6.07) is 25.9. The van der Waals surface area contributed by atoms with Crippen molar-refractivity contribution in [3.8, 4) is 34.0 Å². The molecule has 33 heavy (non-hydrogen) atoms. The van der Waals surface area contributed by atoms with Crippen molar-refractivity contribution in [2.45, 2.75) is 6.92 Å². The Bertz CT molecular complexity index is 1300. The van der Waals surface area contributed by atoms with Gasteiger partial charge in [0.25, 0.3) is 0 Å². The summed E-state index contributed by atoms with van der Waals surface area (Å²) >= 11 is 0. The number of amidine groups is 1. The zero-order valence-corrected chi connectivity index (χ0v) is 18.0. The molecule has 1 amide bonds. The molecule has 0 aliphatic carbocycles. The molecule has 0 spiro atoms. The van der Waals surface area contributed by atoms with Crippen molar-refractivity contribution in [2.24, 2.45) is 5.73 Å². The second kappa shape index (κ2) is 9.23. The third-order valence-corrected chi connectivity index (χ3v) is 4.93. The maximum atomic E-state index is 11.3. The van der Waals surface area contributed by atoms with Crippen molar-refractivity contribution in [1.29, 1.82) is 5.41 Å². The summed E-state index contributed by atoms with van der Waals surface area (Å²) < 4.78 is 5.86. The second-order valence-corrected chi connectivity index (χ2v) is 7.43. The van der Waals surface area contributed by atoms with Gasteiger partial charge >= 0.3 is 0 Å². The molecule has 0 bridgehead atoms. The molecule has 0 saturated heterocycles. The van der Waals surface area contributed by atoms with Gasteiger partial charge in [-0.3, -0.25) is 10.2 Å². The minimum Gasteiger partial charge on any atom is -0.457 e. The summed E-state index contributed by atoms with van der Waals surface area (Å²) in [5.41, 5.74) is 16.3. The number of ether oxygens (including phenoxy) is 1. The van der Waals surface area contributed by atoms with Gasteiger partial charge in [0, 0.05) is 29.4 Å². The lowest BCUT2D eigenvalue weighted by atomic mass is 10.0. The average Bonchev–Trinajstić information content (AvgIpc) is 2.79. The lowest BCUT2D eigenvalue weighted by Gasteiger charge is -2.14. The van der Waals surface area contributed by atoms with Gasteiger partial charge in [-0.05, 0) is 54.6 Å².